The Hall–Kier alpha value is -3.13. The molecule has 1 aromatic carbocycles. The maximum absolute atomic E-state index is 12.6. The average Bonchev–Trinajstić information content (AvgIpc) is 3.19. The summed E-state index contributed by atoms with van der Waals surface area (Å²) in [6, 6.07) is 12.2. The Morgan fingerprint density at radius 2 is 1.89 bits per heavy atom. The molecule has 0 fully saturated rings. The number of halogens is 1. The van der Waals surface area contributed by atoms with E-state index in [1.54, 1.807) is 24.4 Å². The molecule has 0 saturated carbocycles. The van der Waals surface area contributed by atoms with Gasteiger partial charge in [0.15, 0.2) is 5.65 Å². The molecule has 2 atom stereocenters. The minimum absolute atomic E-state index is 0.157. The molecule has 2 heterocycles. The monoisotopic (exact) mass is 399 g/mol. The second-order valence-electron chi connectivity index (χ2n) is 6.62. The van der Waals surface area contributed by atoms with Crippen LogP contribution in [0.3, 0.4) is 0 Å². The van der Waals surface area contributed by atoms with Gasteiger partial charge in [0.25, 0.3) is 0 Å². The number of hydrogen-bond donors (Lipinski definition) is 2. The first-order chi connectivity index (χ1) is 13.6. The number of amides is 2. The average molecular weight is 400 g/mol. The van der Waals surface area contributed by atoms with E-state index in [-0.39, 0.29) is 42.0 Å². The molecule has 9 heteroatoms. The molecule has 1 aliphatic carbocycles. The van der Waals surface area contributed by atoms with E-state index in [4.69, 9.17) is 11.6 Å². The maximum Gasteiger partial charge on any atom is 0.350 e. The molecule has 0 aliphatic heterocycles. The van der Waals surface area contributed by atoms with E-state index in [9.17, 15) is 14.4 Å². The quantitative estimate of drug-likeness (QED) is 0.615. The van der Waals surface area contributed by atoms with Gasteiger partial charge in [-0.25, -0.2) is 9.48 Å². The Morgan fingerprint density at radius 3 is 2.68 bits per heavy atom. The zero-order valence-electron chi connectivity index (χ0n) is 14.8. The van der Waals surface area contributed by atoms with Crippen LogP contribution in [0.1, 0.15) is 17.2 Å². The maximum atomic E-state index is 12.6. The van der Waals surface area contributed by atoms with Crippen molar-refractivity contribution < 1.29 is 9.59 Å². The molecule has 0 unspecified atom stereocenters. The minimum atomic E-state index is -0.382. The fourth-order valence-corrected chi connectivity index (χ4v) is 3.66. The molecule has 2 amide bonds. The third kappa shape index (κ3) is 3.38. The normalized spacial score (nSPS) is 18.0. The van der Waals surface area contributed by atoms with Gasteiger partial charge in [0.2, 0.25) is 11.8 Å². The molecule has 2 N–H and O–H groups in total. The van der Waals surface area contributed by atoms with Gasteiger partial charge in [-0.2, -0.15) is 0 Å². The number of carbonyl (C=O) groups is 2. The van der Waals surface area contributed by atoms with Gasteiger partial charge in [-0.15, -0.1) is 16.7 Å². The number of fused-ring (bicyclic) bond motifs is 2. The van der Waals surface area contributed by atoms with Crippen molar-refractivity contribution in [1.82, 2.24) is 24.8 Å². The summed E-state index contributed by atoms with van der Waals surface area (Å²) in [5.74, 6) is -0.816. The van der Waals surface area contributed by atoms with Crippen molar-refractivity contribution in [3.63, 3.8) is 0 Å². The van der Waals surface area contributed by atoms with Crippen molar-refractivity contribution in [2.75, 3.05) is 5.88 Å². The largest absolute Gasteiger partial charge is 0.350 e. The predicted molar refractivity (Wildman–Crippen MR) is 103 cm³/mol. The van der Waals surface area contributed by atoms with Crippen molar-refractivity contribution in [2.24, 2.45) is 0 Å². The lowest BCUT2D eigenvalue weighted by Gasteiger charge is -2.22. The lowest BCUT2D eigenvalue weighted by atomic mass is 10.1. The lowest BCUT2D eigenvalue weighted by molar-refractivity contribution is -0.124. The van der Waals surface area contributed by atoms with Crippen LogP contribution in [-0.4, -0.2) is 37.9 Å². The molecule has 0 spiro atoms. The summed E-state index contributed by atoms with van der Waals surface area (Å²) in [5.41, 5.74) is 2.10. The fourth-order valence-electron chi connectivity index (χ4n) is 3.58. The second kappa shape index (κ2) is 7.47. The highest BCUT2D eigenvalue weighted by atomic mass is 35.5. The molecular weight excluding hydrogens is 382 g/mol. The lowest BCUT2D eigenvalue weighted by Crippen LogP contribution is -2.46. The van der Waals surface area contributed by atoms with Gasteiger partial charge >= 0.3 is 5.69 Å². The third-order valence-electron chi connectivity index (χ3n) is 4.80. The molecule has 4 rings (SSSR count). The zero-order chi connectivity index (χ0) is 19.7. The number of pyridine rings is 1. The second-order valence-corrected chi connectivity index (χ2v) is 6.89. The SMILES string of the molecule is O=C(CCl)N[C@@H]1c2ccccc2C[C@H]1NC(=O)Cn1nc2ccccn2c1=O. The van der Waals surface area contributed by atoms with E-state index in [1.165, 1.54) is 4.40 Å². The Balaban J connectivity index is 1.52. The van der Waals surface area contributed by atoms with Gasteiger partial charge in [0.1, 0.15) is 12.4 Å². The molecule has 3 aromatic rings. The van der Waals surface area contributed by atoms with Crippen LogP contribution in [0.25, 0.3) is 5.65 Å². The van der Waals surface area contributed by atoms with Crippen molar-refractivity contribution >= 4 is 29.1 Å². The Bertz CT molecular complexity index is 1110. The number of hydrogen-bond acceptors (Lipinski definition) is 4. The molecule has 2 aromatic heterocycles. The van der Waals surface area contributed by atoms with Crippen LogP contribution in [-0.2, 0) is 22.6 Å². The molecule has 28 heavy (non-hydrogen) atoms. The molecule has 8 nitrogen and oxygen atoms in total. The van der Waals surface area contributed by atoms with E-state index in [2.05, 4.69) is 15.7 Å². The number of benzene rings is 1. The van der Waals surface area contributed by atoms with Crippen LogP contribution in [0.15, 0.2) is 53.5 Å². The summed E-state index contributed by atoms with van der Waals surface area (Å²) in [6.45, 7) is -0.205. The van der Waals surface area contributed by atoms with E-state index >= 15 is 0 Å². The van der Waals surface area contributed by atoms with Crippen molar-refractivity contribution in [2.45, 2.75) is 25.0 Å². The highest BCUT2D eigenvalue weighted by Gasteiger charge is 2.34. The van der Waals surface area contributed by atoms with E-state index in [0.717, 1.165) is 15.8 Å². The summed E-state index contributed by atoms with van der Waals surface area (Å²) in [7, 11) is 0. The fraction of sp³-hybridized carbons (Fsp3) is 0.263. The van der Waals surface area contributed by atoms with Crippen LogP contribution in [0.2, 0.25) is 0 Å². The van der Waals surface area contributed by atoms with Crippen LogP contribution in [0, 0.1) is 0 Å². The summed E-state index contributed by atoms with van der Waals surface area (Å²) in [6.07, 6.45) is 2.18. The molecule has 0 radical (unpaired) electrons. The number of alkyl halides is 1. The Kier molecular flexibility index (Phi) is 4.87. The first kappa shape index (κ1) is 18.2. The van der Waals surface area contributed by atoms with Gasteiger partial charge in [-0.3, -0.25) is 14.0 Å². The third-order valence-corrected chi connectivity index (χ3v) is 5.04. The number of carbonyl (C=O) groups excluding carboxylic acids is 2. The highest BCUT2D eigenvalue weighted by Crippen LogP contribution is 2.31. The molecule has 0 saturated heterocycles. The van der Waals surface area contributed by atoms with Gasteiger partial charge in [-0.05, 0) is 29.7 Å². The molecule has 1 aliphatic rings. The van der Waals surface area contributed by atoms with E-state index < -0.39 is 0 Å². The zero-order valence-corrected chi connectivity index (χ0v) is 15.6. The van der Waals surface area contributed by atoms with Gasteiger partial charge in [-0.1, -0.05) is 30.3 Å². The van der Waals surface area contributed by atoms with E-state index in [1.807, 2.05) is 24.3 Å². The van der Waals surface area contributed by atoms with Gasteiger partial charge in [0.05, 0.1) is 12.1 Å². The number of aromatic nitrogens is 3. The molecule has 144 valence electrons. The first-order valence-electron chi connectivity index (χ1n) is 8.83. The Morgan fingerprint density at radius 1 is 1.11 bits per heavy atom. The summed E-state index contributed by atoms with van der Waals surface area (Å²) < 4.78 is 2.50. The highest BCUT2D eigenvalue weighted by molar-refractivity contribution is 6.27. The summed E-state index contributed by atoms with van der Waals surface area (Å²) in [5, 5.41) is 9.95. The van der Waals surface area contributed by atoms with Gasteiger partial charge < -0.3 is 10.6 Å². The van der Waals surface area contributed by atoms with Crippen LogP contribution in [0.4, 0.5) is 0 Å². The van der Waals surface area contributed by atoms with Crippen LogP contribution < -0.4 is 16.3 Å². The van der Waals surface area contributed by atoms with Crippen LogP contribution >= 0.6 is 11.6 Å². The van der Waals surface area contributed by atoms with E-state index in [0.29, 0.717) is 12.1 Å². The van der Waals surface area contributed by atoms with Crippen molar-refractivity contribution in [1.29, 1.82) is 0 Å². The Labute approximate surface area is 165 Å². The number of nitrogens with zero attached hydrogens (tertiary/aromatic N) is 3. The van der Waals surface area contributed by atoms with Crippen LogP contribution in [0.5, 0.6) is 0 Å². The van der Waals surface area contributed by atoms with Crippen molar-refractivity contribution in [3.8, 4) is 0 Å². The predicted octanol–water partition coefficient (Wildman–Crippen LogP) is 0.633. The topological polar surface area (TPSA) is 97.5 Å². The first-order valence-corrected chi connectivity index (χ1v) is 9.37. The summed E-state index contributed by atoms with van der Waals surface area (Å²) in [4.78, 5) is 36.8. The number of nitrogens with one attached hydrogen (secondary N) is 2. The smallest absolute Gasteiger partial charge is 0.349 e. The minimum Gasteiger partial charge on any atom is -0.349 e. The van der Waals surface area contributed by atoms with Gasteiger partial charge in [0, 0.05) is 6.20 Å². The molecule has 0 bridgehead atoms. The van der Waals surface area contributed by atoms with Crippen molar-refractivity contribution in [3.05, 3.63) is 70.3 Å². The molecular formula is C19H18ClN5O3. The summed E-state index contributed by atoms with van der Waals surface area (Å²) >= 11 is 5.63. The number of rotatable bonds is 5. The standard InChI is InChI=1S/C19H18ClN5O3/c20-10-16(26)22-18-13-6-2-1-5-12(13)9-14(18)21-17(27)11-25-19(28)24-8-4-3-7-15(24)23-25/h1-8,14,18H,9-11H2,(H,21,27)(H,22,26)/t14-,18-/m1/s1.